The minimum atomic E-state index is -4.57. The van der Waals surface area contributed by atoms with Gasteiger partial charge in [-0.25, -0.2) is 4.18 Å². The summed E-state index contributed by atoms with van der Waals surface area (Å²) in [5.74, 6) is 0.0872. The molecule has 0 saturated carbocycles. The Kier molecular flexibility index (Phi) is 7.17. The van der Waals surface area contributed by atoms with Crippen LogP contribution in [0, 0.1) is 0 Å². The molecule has 0 heterocycles. The van der Waals surface area contributed by atoms with Crippen LogP contribution in [-0.2, 0) is 30.7 Å². The van der Waals surface area contributed by atoms with E-state index in [1.807, 2.05) is 30.3 Å². The molecule has 0 bridgehead atoms. The molecule has 1 aromatic rings. The summed E-state index contributed by atoms with van der Waals surface area (Å²) in [6, 6.07) is 9.32. The highest BCUT2D eigenvalue weighted by Gasteiger charge is 2.18. The van der Waals surface area contributed by atoms with Gasteiger partial charge in [-0.05, 0) is 5.56 Å². The quantitative estimate of drug-likeness (QED) is 0.729. The standard InChI is InChI=1S/C12H16O6S2/c1-10(13)19-9-12(18-20(14,15)16)8-17-7-11-5-3-2-4-6-11/h2-6,12H,7-9H2,1H3,(H,14,15,16)/t12-/m0/s1. The highest BCUT2D eigenvalue weighted by molar-refractivity contribution is 8.13. The van der Waals surface area contributed by atoms with Crippen LogP contribution in [0.5, 0.6) is 0 Å². The molecule has 1 aromatic carbocycles. The lowest BCUT2D eigenvalue weighted by atomic mass is 10.2. The minimum absolute atomic E-state index is 0.0467. The van der Waals surface area contributed by atoms with Gasteiger partial charge in [0.15, 0.2) is 5.12 Å². The molecule has 1 N–H and O–H groups in total. The van der Waals surface area contributed by atoms with Crippen LogP contribution in [0.4, 0.5) is 0 Å². The molecule has 0 aliphatic heterocycles. The predicted molar refractivity (Wildman–Crippen MR) is 75.7 cm³/mol. The average Bonchev–Trinajstić information content (AvgIpc) is 2.35. The van der Waals surface area contributed by atoms with Gasteiger partial charge < -0.3 is 4.74 Å². The van der Waals surface area contributed by atoms with Crippen LogP contribution in [0.2, 0.25) is 0 Å². The Morgan fingerprint density at radius 1 is 1.35 bits per heavy atom. The van der Waals surface area contributed by atoms with Crippen molar-refractivity contribution in [2.75, 3.05) is 12.4 Å². The Bertz CT molecular complexity index is 514. The van der Waals surface area contributed by atoms with Crippen molar-refractivity contribution in [2.45, 2.75) is 19.6 Å². The number of hydrogen-bond donors (Lipinski definition) is 1. The third-order valence-corrected chi connectivity index (χ3v) is 3.61. The van der Waals surface area contributed by atoms with Gasteiger partial charge in [0.05, 0.1) is 13.2 Å². The molecule has 112 valence electrons. The van der Waals surface area contributed by atoms with Gasteiger partial charge in [-0.3, -0.25) is 9.35 Å². The number of ether oxygens (including phenoxy) is 1. The van der Waals surface area contributed by atoms with Crippen LogP contribution in [0.3, 0.4) is 0 Å². The van der Waals surface area contributed by atoms with Crippen molar-refractivity contribution in [1.29, 1.82) is 0 Å². The second kappa shape index (κ2) is 8.38. The number of carbonyl (C=O) groups excluding carboxylic acids is 1. The van der Waals surface area contributed by atoms with Crippen molar-refractivity contribution >= 4 is 27.3 Å². The van der Waals surface area contributed by atoms with E-state index in [9.17, 15) is 13.2 Å². The van der Waals surface area contributed by atoms with Crippen LogP contribution in [0.1, 0.15) is 12.5 Å². The number of rotatable bonds is 8. The zero-order valence-corrected chi connectivity index (χ0v) is 12.5. The molecule has 0 fully saturated rings. The van der Waals surface area contributed by atoms with E-state index in [-0.39, 0.29) is 24.1 Å². The van der Waals surface area contributed by atoms with Crippen LogP contribution < -0.4 is 0 Å². The lowest BCUT2D eigenvalue weighted by molar-refractivity contribution is -0.109. The molecule has 1 atom stereocenters. The van der Waals surface area contributed by atoms with Crippen LogP contribution in [0.25, 0.3) is 0 Å². The van der Waals surface area contributed by atoms with Crippen LogP contribution >= 0.6 is 11.8 Å². The smallest absolute Gasteiger partial charge is 0.374 e. The molecule has 0 radical (unpaired) electrons. The molecule has 0 aliphatic rings. The van der Waals surface area contributed by atoms with Gasteiger partial charge in [0, 0.05) is 12.7 Å². The topological polar surface area (TPSA) is 89.9 Å². The van der Waals surface area contributed by atoms with E-state index in [0.717, 1.165) is 17.3 Å². The van der Waals surface area contributed by atoms with Gasteiger partial charge in [0.2, 0.25) is 0 Å². The Labute approximate surface area is 122 Å². The number of thioether (sulfide) groups is 1. The Hall–Kier alpha value is -0.930. The van der Waals surface area contributed by atoms with Gasteiger partial charge in [-0.1, -0.05) is 42.1 Å². The van der Waals surface area contributed by atoms with E-state index in [0.29, 0.717) is 0 Å². The molecule has 0 unspecified atom stereocenters. The third-order valence-electron chi connectivity index (χ3n) is 2.15. The van der Waals surface area contributed by atoms with Gasteiger partial charge in [0.25, 0.3) is 0 Å². The second-order valence-corrected chi connectivity index (χ2v) is 6.19. The summed E-state index contributed by atoms with van der Waals surface area (Å²) in [4.78, 5) is 10.9. The molecule has 0 aromatic heterocycles. The van der Waals surface area contributed by atoms with E-state index < -0.39 is 16.5 Å². The van der Waals surface area contributed by atoms with Gasteiger partial charge >= 0.3 is 10.4 Å². The monoisotopic (exact) mass is 320 g/mol. The first-order valence-corrected chi connectivity index (χ1v) is 8.12. The van der Waals surface area contributed by atoms with Crippen molar-refractivity contribution in [3.63, 3.8) is 0 Å². The summed E-state index contributed by atoms with van der Waals surface area (Å²) < 4.78 is 39.9. The van der Waals surface area contributed by atoms with Crippen molar-refractivity contribution < 1.29 is 26.7 Å². The fraction of sp³-hybridized carbons (Fsp3) is 0.417. The van der Waals surface area contributed by atoms with Crippen LogP contribution in [-0.4, -0.2) is 36.5 Å². The first-order chi connectivity index (χ1) is 9.37. The molecule has 0 amide bonds. The molecule has 6 nitrogen and oxygen atoms in total. The van der Waals surface area contributed by atoms with Crippen molar-refractivity contribution in [3.8, 4) is 0 Å². The van der Waals surface area contributed by atoms with E-state index in [1.54, 1.807) is 0 Å². The van der Waals surface area contributed by atoms with E-state index >= 15 is 0 Å². The van der Waals surface area contributed by atoms with E-state index in [2.05, 4.69) is 4.18 Å². The van der Waals surface area contributed by atoms with E-state index in [1.165, 1.54) is 6.92 Å². The fourth-order valence-corrected chi connectivity index (χ4v) is 2.51. The van der Waals surface area contributed by atoms with Crippen LogP contribution in [0.15, 0.2) is 30.3 Å². The first-order valence-electron chi connectivity index (χ1n) is 5.77. The highest BCUT2D eigenvalue weighted by Crippen LogP contribution is 2.10. The average molecular weight is 320 g/mol. The molecule has 1 rings (SSSR count). The number of hydrogen-bond acceptors (Lipinski definition) is 6. The highest BCUT2D eigenvalue weighted by atomic mass is 32.3. The molecule has 20 heavy (non-hydrogen) atoms. The molecule has 0 saturated heterocycles. The Balaban J connectivity index is 2.45. The number of benzene rings is 1. The molecule has 0 spiro atoms. The first kappa shape index (κ1) is 17.1. The summed E-state index contributed by atoms with van der Waals surface area (Å²) in [5.41, 5.74) is 0.928. The molecular weight excluding hydrogens is 304 g/mol. The second-order valence-electron chi connectivity index (χ2n) is 3.95. The summed E-state index contributed by atoms with van der Waals surface area (Å²) in [5, 5.41) is -0.169. The molecular formula is C12H16O6S2. The summed E-state index contributed by atoms with van der Waals surface area (Å²) in [7, 11) is -4.57. The van der Waals surface area contributed by atoms with Gasteiger partial charge in [-0.2, -0.15) is 8.42 Å². The van der Waals surface area contributed by atoms with E-state index in [4.69, 9.17) is 9.29 Å². The Morgan fingerprint density at radius 3 is 2.55 bits per heavy atom. The summed E-state index contributed by atoms with van der Waals surface area (Å²) >= 11 is 0.907. The Morgan fingerprint density at radius 2 is 2.00 bits per heavy atom. The zero-order chi connectivity index (χ0) is 15.0. The molecule has 8 heteroatoms. The maximum absolute atomic E-state index is 10.9. The fourth-order valence-electron chi connectivity index (χ4n) is 1.37. The molecule has 0 aliphatic carbocycles. The zero-order valence-electron chi connectivity index (χ0n) is 10.9. The summed E-state index contributed by atoms with van der Waals surface area (Å²) in [6.07, 6.45) is -0.914. The van der Waals surface area contributed by atoms with Crippen molar-refractivity contribution in [3.05, 3.63) is 35.9 Å². The van der Waals surface area contributed by atoms with Gasteiger partial charge in [0.1, 0.15) is 6.10 Å². The maximum Gasteiger partial charge on any atom is 0.397 e. The lowest BCUT2D eigenvalue weighted by Crippen LogP contribution is -2.26. The largest absolute Gasteiger partial charge is 0.397 e. The predicted octanol–water partition coefficient (Wildman–Crippen LogP) is 1.67. The van der Waals surface area contributed by atoms with Crippen molar-refractivity contribution in [1.82, 2.24) is 0 Å². The maximum atomic E-state index is 10.9. The SMILES string of the molecule is CC(=O)SC[C@H](COCc1ccccc1)OS(=O)(=O)O. The minimum Gasteiger partial charge on any atom is -0.374 e. The normalized spacial score (nSPS) is 13.1. The van der Waals surface area contributed by atoms with Gasteiger partial charge in [-0.15, -0.1) is 0 Å². The number of carbonyl (C=O) groups is 1. The summed E-state index contributed by atoms with van der Waals surface area (Å²) in [6.45, 7) is 1.60. The lowest BCUT2D eigenvalue weighted by Gasteiger charge is -2.14. The van der Waals surface area contributed by atoms with Crippen molar-refractivity contribution in [2.24, 2.45) is 0 Å². The third kappa shape index (κ3) is 8.28.